The molecule has 0 radical (unpaired) electrons. The molecule has 0 aliphatic carbocycles. The van der Waals surface area contributed by atoms with E-state index in [4.69, 9.17) is 0 Å². The molecule has 0 bridgehead atoms. The molecule has 3 aromatic rings. The highest BCUT2D eigenvalue weighted by molar-refractivity contribution is 7.94. The van der Waals surface area contributed by atoms with Gasteiger partial charge in [0.25, 0.3) is 10.0 Å². The van der Waals surface area contributed by atoms with Crippen molar-refractivity contribution in [3.63, 3.8) is 0 Å². The van der Waals surface area contributed by atoms with Gasteiger partial charge in [-0.15, -0.1) is 11.3 Å². The predicted octanol–water partition coefficient (Wildman–Crippen LogP) is 3.56. The highest BCUT2D eigenvalue weighted by Gasteiger charge is 2.14. The van der Waals surface area contributed by atoms with Crippen molar-refractivity contribution >= 4 is 32.7 Å². The molecular weight excluding hydrogens is 330 g/mol. The molecule has 7 heteroatoms. The zero-order valence-corrected chi connectivity index (χ0v) is 13.8. The van der Waals surface area contributed by atoms with Gasteiger partial charge in [0.15, 0.2) is 0 Å². The van der Waals surface area contributed by atoms with E-state index in [1.165, 1.54) is 11.3 Å². The molecule has 0 saturated carbocycles. The number of rotatable bonds is 6. The summed E-state index contributed by atoms with van der Waals surface area (Å²) in [5, 5.41) is 5.00. The standard InChI is InChI=1S/C16H15N3O2S2/c20-23(21,16-4-2-10-22-16)19-15-7-5-14(6-8-15)18-12-13-3-1-9-17-11-13/h1-11,18-19H,12H2. The van der Waals surface area contributed by atoms with Crippen LogP contribution in [0.5, 0.6) is 0 Å². The third kappa shape index (κ3) is 4.08. The summed E-state index contributed by atoms with van der Waals surface area (Å²) >= 11 is 1.19. The van der Waals surface area contributed by atoms with Gasteiger partial charge in [-0.3, -0.25) is 9.71 Å². The van der Waals surface area contributed by atoms with E-state index in [1.54, 1.807) is 42.0 Å². The zero-order chi connectivity index (χ0) is 16.1. The second-order valence-electron chi connectivity index (χ2n) is 4.83. The van der Waals surface area contributed by atoms with E-state index in [-0.39, 0.29) is 0 Å². The Hall–Kier alpha value is -2.38. The number of hydrogen-bond acceptors (Lipinski definition) is 5. The lowest BCUT2D eigenvalue weighted by molar-refractivity contribution is 0.603. The van der Waals surface area contributed by atoms with Gasteiger partial charge in [0.1, 0.15) is 4.21 Å². The van der Waals surface area contributed by atoms with Gasteiger partial charge in [0.2, 0.25) is 0 Å². The van der Waals surface area contributed by atoms with Gasteiger partial charge in [0, 0.05) is 30.3 Å². The van der Waals surface area contributed by atoms with Crippen molar-refractivity contribution in [2.24, 2.45) is 0 Å². The van der Waals surface area contributed by atoms with Crippen molar-refractivity contribution in [3.05, 3.63) is 71.9 Å². The highest BCUT2D eigenvalue weighted by atomic mass is 32.2. The summed E-state index contributed by atoms with van der Waals surface area (Å²) in [4.78, 5) is 4.06. The number of aromatic nitrogens is 1. The highest BCUT2D eigenvalue weighted by Crippen LogP contribution is 2.21. The Morgan fingerprint density at radius 1 is 1.00 bits per heavy atom. The maximum absolute atomic E-state index is 12.1. The van der Waals surface area contributed by atoms with E-state index in [0.717, 1.165) is 11.3 Å². The Labute approximate surface area is 139 Å². The van der Waals surface area contributed by atoms with Crippen LogP contribution in [0.1, 0.15) is 5.56 Å². The average molecular weight is 345 g/mol. The fourth-order valence-electron chi connectivity index (χ4n) is 1.98. The molecule has 2 N–H and O–H groups in total. The average Bonchev–Trinajstić information content (AvgIpc) is 3.10. The third-order valence-electron chi connectivity index (χ3n) is 3.12. The van der Waals surface area contributed by atoms with Crippen LogP contribution >= 0.6 is 11.3 Å². The van der Waals surface area contributed by atoms with Gasteiger partial charge in [-0.2, -0.15) is 0 Å². The van der Waals surface area contributed by atoms with E-state index in [9.17, 15) is 8.42 Å². The minimum Gasteiger partial charge on any atom is -0.381 e. The summed E-state index contributed by atoms with van der Waals surface area (Å²) in [6.45, 7) is 0.661. The molecule has 0 aliphatic heterocycles. The van der Waals surface area contributed by atoms with Crippen LogP contribution in [0.2, 0.25) is 0 Å². The second kappa shape index (κ2) is 6.80. The predicted molar refractivity (Wildman–Crippen MR) is 93.1 cm³/mol. The molecule has 23 heavy (non-hydrogen) atoms. The molecule has 0 aliphatic rings. The summed E-state index contributed by atoms with van der Waals surface area (Å²) in [7, 11) is -3.50. The molecule has 118 valence electrons. The first-order valence-corrected chi connectivity index (χ1v) is 9.29. The Kier molecular flexibility index (Phi) is 4.59. The fourth-order valence-corrected chi connectivity index (χ4v) is 4.04. The van der Waals surface area contributed by atoms with Crippen molar-refractivity contribution in [2.45, 2.75) is 10.8 Å². The Morgan fingerprint density at radius 2 is 1.78 bits per heavy atom. The van der Waals surface area contributed by atoms with Crippen LogP contribution in [0, 0.1) is 0 Å². The first kappa shape index (κ1) is 15.5. The second-order valence-corrected chi connectivity index (χ2v) is 7.69. The van der Waals surface area contributed by atoms with Crippen LogP contribution < -0.4 is 10.0 Å². The largest absolute Gasteiger partial charge is 0.381 e. The van der Waals surface area contributed by atoms with Crippen molar-refractivity contribution in [3.8, 4) is 0 Å². The molecule has 0 spiro atoms. The number of benzene rings is 1. The number of sulfonamides is 1. The number of pyridine rings is 1. The van der Waals surface area contributed by atoms with E-state index < -0.39 is 10.0 Å². The molecule has 0 atom stereocenters. The van der Waals surface area contributed by atoms with E-state index >= 15 is 0 Å². The van der Waals surface area contributed by atoms with Crippen LogP contribution in [0.25, 0.3) is 0 Å². The lowest BCUT2D eigenvalue weighted by Crippen LogP contribution is -2.11. The van der Waals surface area contributed by atoms with Gasteiger partial charge in [-0.05, 0) is 47.3 Å². The minimum absolute atomic E-state index is 0.302. The summed E-state index contributed by atoms with van der Waals surface area (Å²) < 4.78 is 27.1. The van der Waals surface area contributed by atoms with Crippen LogP contribution in [0.4, 0.5) is 11.4 Å². The van der Waals surface area contributed by atoms with E-state index in [2.05, 4.69) is 15.0 Å². The number of thiophene rings is 1. The molecular formula is C16H15N3O2S2. The number of nitrogens with one attached hydrogen (secondary N) is 2. The summed E-state index contributed by atoms with van der Waals surface area (Å²) in [6.07, 6.45) is 3.54. The molecule has 0 fully saturated rings. The SMILES string of the molecule is O=S(=O)(Nc1ccc(NCc2cccnc2)cc1)c1cccs1. The Balaban J connectivity index is 1.63. The Bertz CT molecular complexity index is 846. The lowest BCUT2D eigenvalue weighted by atomic mass is 10.2. The zero-order valence-electron chi connectivity index (χ0n) is 12.1. The topological polar surface area (TPSA) is 71.1 Å². The van der Waals surface area contributed by atoms with E-state index in [1.807, 2.05) is 24.3 Å². The first-order chi connectivity index (χ1) is 11.1. The van der Waals surface area contributed by atoms with Crippen LogP contribution in [0.15, 0.2) is 70.5 Å². The van der Waals surface area contributed by atoms with Gasteiger partial charge >= 0.3 is 0 Å². The summed E-state index contributed by atoms with van der Waals surface area (Å²) in [5.41, 5.74) is 2.52. The minimum atomic E-state index is -3.50. The van der Waals surface area contributed by atoms with Gasteiger partial charge in [0.05, 0.1) is 0 Å². The van der Waals surface area contributed by atoms with Crippen LogP contribution in [0.3, 0.4) is 0 Å². The molecule has 3 rings (SSSR count). The maximum atomic E-state index is 12.1. The molecule has 2 heterocycles. The van der Waals surface area contributed by atoms with Gasteiger partial charge < -0.3 is 5.32 Å². The van der Waals surface area contributed by atoms with Gasteiger partial charge in [-0.25, -0.2) is 8.42 Å². The van der Waals surface area contributed by atoms with Crippen LogP contribution in [-0.2, 0) is 16.6 Å². The van der Waals surface area contributed by atoms with E-state index in [0.29, 0.717) is 16.4 Å². The van der Waals surface area contributed by atoms with Crippen molar-refractivity contribution < 1.29 is 8.42 Å². The maximum Gasteiger partial charge on any atom is 0.271 e. The normalized spacial score (nSPS) is 11.1. The molecule has 1 aromatic carbocycles. The molecule has 5 nitrogen and oxygen atoms in total. The first-order valence-electron chi connectivity index (χ1n) is 6.93. The van der Waals surface area contributed by atoms with Crippen molar-refractivity contribution in [1.29, 1.82) is 0 Å². The summed E-state index contributed by atoms with van der Waals surface area (Å²) in [6, 6.07) is 14.3. The fraction of sp³-hybridized carbons (Fsp3) is 0.0625. The smallest absolute Gasteiger partial charge is 0.271 e. The summed E-state index contributed by atoms with van der Waals surface area (Å²) in [5.74, 6) is 0. The van der Waals surface area contributed by atoms with Crippen molar-refractivity contribution in [1.82, 2.24) is 4.98 Å². The molecule has 0 saturated heterocycles. The quantitative estimate of drug-likeness (QED) is 0.717. The lowest BCUT2D eigenvalue weighted by Gasteiger charge is -2.09. The molecule has 0 amide bonds. The third-order valence-corrected chi connectivity index (χ3v) is 5.90. The number of nitrogens with zero attached hydrogens (tertiary/aromatic N) is 1. The Morgan fingerprint density at radius 3 is 2.43 bits per heavy atom. The monoisotopic (exact) mass is 345 g/mol. The molecule has 2 aromatic heterocycles. The van der Waals surface area contributed by atoms with Crippen molar-refractivity contribution in [2.75, 3.05) is 10.0 Å². The molecule has 0 unspecified atom stereocenters. The number of anilines is 2. The van der Waals surface area contributed by atoms with Crippen LogP contribution in [-0.4, -0.2) is 13.4 Å². The number of hydrogen-bond donors (Lipinski definition) is 2. The van der Waals surface area contributed by atoms with Gasteiger partial charge in [-0.1, -0.05) is 12.1 Å².